The quantitative estimate of drug-likeness (QED) is 0.0720. The van der Waals surface area contributed by atoms with Crippen molar-refractivity contribution < 1.29 is 19.1 Å². The van der Waals surface area contributed by atoms with Crippen molar-refractivity contribution in [1.82, 2.24) is 9.80 Å². The first kappa shape index (κ1) is 38.6. The summed E-state index contributed by atoms with van der Waals surface area (Å²) < 4.78 is 13.2. The number of hydrogen-bond acceptors (Lipinski definition) is 3. The zero-order valence-electron chi connectivity index (χ0n) is 26.9. The highest BCUT2D eigenvalue weighted by molar-refractivity contribution is 5.83. The van der Waals surface area contributed by atoms with Gasteiger partial charge in [0.05, 0.1) is 0 Å². The predicted molar refractivity (Wildman–Crippen MR) is 168 cm³/mol. The molecular formula is C34H65FN2O3. The van der Waals surface area contributed by atoms with Crippen LogP contribution in [0.2, 0.25) is 0 Å². The number of carbonyl (C=O) groups excluding carboxylic acids is 1. The number of unbranched alkanes of at least 4 members (excludes halogenated alkanes) is 16. The fraction of sp³-hybridized carbons (Fsp3) is 0.882. The Balaban J connectivity index is 5.04. The number of carboxylic acids is 1. The molecule has 0 aliphatic heterocycles. The number of carbonyl (C=O) groups is 2. The van der Waals surface area contributed by atoms with Gasteiger partial charge in [-0.15, -0.1) is 0 Å². The molecule has 0 aromatic carbocycles. The van der Waals surface area contributed by atoms with Crippen molar-refractivity contribution in [3.05, 3.63) is 11.9 Å². The van der Waals surface area contributed by atoms with Gasteiger partial charge >= 0.3 is 5.97 Å². The zero-order valence-corrected chi connectivity index (χ0v) is 26.9. The first-order chi connectivity index (χ1) is 19.3. The molecule has 5 nitrogen and oxygen atoms in total. The van der Waals surface area contributed by atoms with Crippen molar-refractivity contribution in [3.63, 3.8) is 0 Å². The highest BCUT2D eigenvalue weighted by Crippen LogP contribution is 2.21. The van der Waals surface area contributed by atoms with Crippen LogP contribution in [0.1, 0.15) is 162 Å². The molecule has 6 heteroatoms. The number of halogens is 1. The largest absolute Gasteiger partial charge is 0.476 e. The van der Waals surface area contributed by atoms with Gasteiger partial charge in [-0.25, -0.2) is 4.79 Å². The van der Waals surface area contributed by atoms with Crippen LogP contribution in [0.5, 0.6) is 0 Å². The molecule has 0 saturated carbocycles. The van der Waals surface area contributed by atoms with Crippen molar-refractivity contribution in [2.75, 3.05) is 27.2 Å². The fourth-order valence-corrected chi connectivity index (χ4v) is 5.43. The van der Waals surface area contributed by atoms with E-state index in [0.717, 1.165) is 58.0 Å². The third-order valence-electron chi connectivity index (χ3n) is 7.92. The van der Waals surface area contributed by atoms with E-state index in [4.69, 9.17) is 5.11 Å². The Bertz CT molecular complexity index is 639. The Hall–Kier alpha value is -1.43. The number of rotatable bonds is 29. The van der Waals surface area contributed by atoms with Crippen molar-refractivity contribution in [1.29, 1.82) is 0 Å². The minimum Gasteiger partial charge on any atom is -0.476 e. The van der Waals surface area contributed by atoms with E-state index in [0.29, 0.717) is 18.7 Å². The van der Waals surface area contributed by atoms with Gasteiger partial charge in [-0.3, -0.25) is 4.79 Å². The molecule has 1 atom stereocenters. The Labute approximate surface area is 247 Å². The molecule has 0 radical (unpaired) electrons. The monoisotopic (exact) mass is 568 g/mol. The number of carboxylic acid groups (broad SMARTS) is 1. The molecule has 0 rings (SSSR count). The van der Waals surface area contributed by atoms with Crippen LogP contribution in [0.15, 0.2) is 11.9 Å². The van der Waals surface area contributed by atoms with Crippen molar-refractivity contribution in [2.24, 2.45) is 0 Å². The second-order valence-electron chi connectivity index (χ2n) is 12.0. The van der Waals surface area contributed by atoms with Gasteiger partial charge in [0.1, 0.15) is 0 Å². The predicted octanol–water partition coefficient (Wildman–Crippen LogP) is 9.70. The van der Waals surface area contributed by atoms with Gasteiger partial charge in [0.2, 0.25) is 11.7 Å². The molecule has 1 N–H and O–H groups in total. The van der Waals surface area contributed by atoms with E-state index < -0.39 is 11.8 Å². The SMILES string of the molecule is CCCCCCCCCCN(C(=O)CCCN(C)C)C(CCCCC/C=C(\F)C(=O)O)CCCCCCCCC. The maximum Gasteiger partial charge on any atom is 0.364 e. The summed E-state index contributed by atoms with van der Waals surface area (Å²) in [4.78, 5) is 28.5. The molecule has 1 amide bonds. The maximum absolute atomic E-state index is 13.5. The van der Waals surface area contributed by atoms with E-state index in [9.17, 15) is 14.0 Å². The number of amides is 1. The minimum atomic E-state index is -1.49. The molecule has 0 aliphatic carbocycles. The summed E-state index contributed by atoms with van der Waals surface area (Å²) in [6.45, 7) is 6.30. The second-order valence-corrected chi connectivity index (χ2v) is 12.0. The Kier molecular flexibility index (Phi) is 26.7. The summed E-state index contributed by atoms with van der Waals surface area (Å²) in [5, 5.41) is 8.70. The summed E-state index contributed by atoms with van der Waals surface area (Å²) in [6.07, 6.45) is 26.9. The van der Waals surface area contributed by atoms with Crippen LogP contribution in [0.4, 0.5) is 4.39 Å². The molecule has 0 spiro atoms. The smallest absolute Gasteiger partial charge is 0.364 e. The summed E-state index contributed by atoms with van der Waals surface area (Å²) in [7, 11) is 4.12. The van der Waals surface area contributed by atoms with Crippen LogP contribution in [-0.4, -0.2) is 60.0 Å². The van der Waals surface area contributed by atoms with Crippen LogP contribution >= 0.6 is 0 Å². The molecule has 1 unspecified atom stereocenters. The van der Waals surface area contributed by atoms with E-state index in [1.807, 2.05) is 0 Å². The number of nitrogens with zero attached hydrogens (tertiary/aromatic N) is 2. The van der Waals surface area contributed by atoms with Gasteiger partial charge in [0.15, 0.2) is 0 Å². The third-order valence-corrected chi connectivity index (χ3v) is 7.92. The number of hydrogen-bond donors (Lipinski definition) is 1. The van der Waals surface area contributed by atoms with Gasteiger partial charge in [0.25, 0.3) is 0 Å². The van der Waals surface area contributed by atoms with Crippen LogP contribution < -0.4 is 0 Å². The lowest BCUT2D eigenvalue weighted by molar-refractivity contribution is -0.135. The van der Waals surface area contributed by atoms with Crippen molar-refractivity contribution >= 4 is 11.9 Å². The van der Waals surface area contributed by atoms with Crippen LogP contribution in [0, 0.1) is 0 Å². The molecule has 0 fully saturated rings. The van der Waals surface area contributed by atoms with E-state index in [1.165, 1.54) is 96.0 Å². The average Bonchev–Trinajstić information content (AvgIpc) is 2.92. The van der Waals surface area contributed by atoms with E-state index in [2.05, 4.69) is 37.7 Å². The number of allylic oxidation sites excluding steroid dienone is 1. The normalized spacial score (nSPS) is 12.7. The van der Waals surface area contributed by atoms with E-state index in [1.54, 1.807) is 0 Å². The highest BCUT2D eigenvalue weighted by Gasteiger charge is 2.22. The standard InChI is InChI=1S/C34H65FN2O3/c1-5-7-9-11-13-15-19-23-30-37(33(38)28-24-29-36(3)4)31(25-20-16-14-12-10-8-6-2)26-21-17-18-22-27-32(35)34(39)40/h27,31H,5-26,28-30H2,1-4H3,(H,39,40)/b32-27-. The summed E-state index contributed by atoms with van der Waals surface area (Å²) in [6, 6.07) is 0.276. The number of aliphatic carboxylic acids is 1. The zero-order chi connectivity index (χ0) is 29.8. The second kappa shape index (κ2) is 27.7. The molecule has 236 valence electrons. The molecule has 0 aromatic heterocycles. The summed E-state index contributed by atoms with van der Waals surface area (Å²) >= 11 is 0. The minimum absolute atomic E-state index is 0.276. The Morgan fingerprint density at radius 2 is 1.15 bits per heavy atom. The first-order valence-electron chi connectivity index (χ1n) is 16.9. The van der Waals surface area contributed by atoms with Crippen molar-refractivity contribution in [3.8, 4) is 0 Å². The van der Waals surface area contributed by atoms with Crippen LogP contribution in [-0.2, 0) is 9.59 Å². The van der Waals surface area contributed by atoms with E-state index in [-0.39, 0.29) is 6.04 Å². The maximum atomic E-state index is 13.5. The molecule has 0 heterocycles. The first-order valence-corrected chi connectivity index (χ1v) is 16.9. The molecule has 0 saturated heterocycles. The van der Waals surface area contributed by atoms with Gasteiger partial charge in [-0.05, 0) is 65.2 Å². The average molecular weight is 569 g/mol. The lowest BCUT2D eigenvalue weighted by Gasteiger charge is -2.33. The molecule has 40 heavy (non-hydrogen) atoms. The van der Waals surface area contributed by atoms with Crippen molar-refractivity contribution in [2.45, 2.75) is 168 Å². The van der Waals surface area contributed by atoms with Gasteiger partial charge < -0.3 is 14.9 Å². The Morgan fingerprint density at radius 1 is 0.675 bits per heavy atom. The van der Waals surface area contributed by atoms with Crippen LogP contribution in [0.3, 0.4) is 0 Å². The van der Waals surface area contributed by atoms with Crippen LogP contribution in [0.25, 0.3) is 0 Å². The van der Waals surface area contributed by atoms with Gasteiger partial charge in [-0.2, -0.15) is 4.39 Å². The van der Waals surface area contributed by atoms with Gasteiger partial charge in [-0.1, -0.05) is 117 Å². The molecule has 0 bridgehead atoms. The third kappa shape index (κ3) is 23.3. The molecule has 0 aromatic rings. The topological polar surface area (TPSA) is 60.9 Å². The summed E-state index contributed by atoms with van der Waals surface area (Å²) in [5.41, 5.74) is 0. The lowest BCUT2D eigenvalue weighted by Crippen LogP contribution is -2.41. The molecular weight excluding hydrogens is 503 g/mol. The molecule has 0 aliphatic rings. The summed E-state index contributed by atoms with van der Waals surface area (Å²) in [5.74, 6) is -2.24. The Morgan fingerprint density at radius 3 is 1.65 bits per heavy atom. The van der Waals surface area contributed by atoms with E-state index >= 15 is 0 Å². The highest BCUT2D eigenvalue weighted by atomic mass is 19.1. The lowest BCUT2D eigenvalue weighted by atomic mass is 9.97. The van der Waals surface area contributed by atoms with Gasteiger partial charge in [0, 0.05) is 19.0 Å². The fourth-order valence-electron chi connectivity index (χ4n) is 5.43.